The Balaban J connectivity index is 2.34. The molecule has 0 radical (unpaired) electrons. The van der Waals surface area contributed by atoms with Gasteiger partial charge in [-0.25, -0.2) is 0 Å². The molecular formula is C11H11N3O4. The Bertz CT molecular complexity index is 578. The molecule has 94 valence electrons. The van der Waals surface area contributed by atoms with Gasteiger partial charge in [0.2, 0.25) is 11.8 Å². The summed E-state index contributed by atoms with van der Waals surface area (Å²) in [4.78, 5) is 49.7. The zero-order chi connectivity index (χ0) is 13.3. The van der Waals surface area contributed by atoms with Gasteiger partial charge in [-0.2, -0.15) is 0 Å². The van der Waals surface area contributed by atoms with Gasteiger partial charge in [0, 0.05) is 6.20 Å². The molecule has 3 amide bonds. The van der Waals surface area contributed by atoms with Crippen molar-refractivity contribution in [2.45, 2.75) is 13.0 Å². The molecule has 1 aromatic rings. The summed E-state index contributed by atoms with van der Waals surface area (Å²) >= 11 is 0. The predicted molar refractivity (Wildman–Crippen MR) is 60.7 cm³/mol. The molecule has 1 saturated heterocycles. The van der Waals surface area contributed by atoms with Crippen molar-refractivity contribution in [2.24, 2.45) is 0 Å². The number of hydrogen-bond acceptors (Lipinski definition) is 4. The molecule has 0 bridgehead atoms. The van der Waals surface area contributed by atoms with E-state index in [1.165, 1.54) is 25.3 Å². The lowest BCUT2D eigenvalue weighted by atomic mass is 10.1. The van der Waals surface area contributed by atoms with E-state index in [0.29, 0.717) is 0 Å². The van der Waals surface area contributed by atoms with Gasteiger partial charge in [-0.1, -0.05) is 0 Å². The Hall–Kier alpha value is -2.44. The molecule has 2 N–H and O–H groups in total. The highest BCUT2D eigenvalue weighted by Crippen LogP contribution is 2.08. The maximum absolute atomic E-state index is 12.1. The van der Waals surface area contributed by atoms with Crippen LogP contribution in [-0.4, -0.2) is 40.2 Å². The minimum atomic E-state index is -0.783. The number of nitrogens with one attached hydrogen (secondary N) is 2. The Morgan fingerprint density at radius 1 is 1.39 bits per heavy atom. The predicted octanol–water partition coefficient (Wildman–Crippen LogP) is -1.14. The molecule has 7 nitrogen and oxygen atoms in total. The average Bonchev–Trinajstić information content (AvgIpc) is 2.33. The molecular weight excluding hydrogens is 238 g/mol. The van der Waals surface area contributed by atoms with E-state index < -0.39 is 29.3 Å². The molecule has 1 unspecified atom stereocenters. The molecule has 0 aromatic carbocycles. The van der Waals surface area contributed by atoms with Gasteiger partial charge in [0.05, 0.1) is 0 Å². The maximum Gasteiger partial charge on any atom is 0.260 e. The van der Waals surface area contributed by atoms with Gasteiger partial charge in [0.25, 0.3) is 11.5 Å². The normalized spacial score (nSPS) is 19.6. The van der Waals surface area contributed by atoms with Crippen molar-refractivity contribution in [3.05, 3.63) is 34.2 Å². The third-order valence-electron chi connectivity index (χ3n) is 2.73. The summed E-state index contributed by atoms with van der Waals surface area (Å²) in [6.07, 6.45) is 1.40. The van der Waals surface area contributed by atoms with Crippen molar-refractivity contribution in [1.29, 1.82) is 0 Å². The Morgan fingerprint density at radius 3 is 2.78 bits per heavy atom. The first-order valence-corrected chi connectivity index (χ1v) is 5.33. The first-order chi connectivity index (χ1) is 8.50. The summed E-state index contributed by atoms with van der Waals surface area (Å²) in [7, 11) is 0. The highest BCUT2D eigenvalue weighted by atomic mass is 16.2. The quantitative estimate of drug-likeness (QED) is 0.614. The van der Waals surface area contributed by atoms with E-state index >= 15 is 0 Å². The van der Waals surface area contributed by atoms with Crippen LogP contribution in [0.1, 0.15) is 17.3 Å². The number of hydrogen-bond donors (Lipinski definition) is 2. The smallest absolute Gasteiger partial charge is 0.260 e. The highest BCUT2D eigenvalue weighted by molar-refractivity contribution is 6.06. The fourth-order valence-corrected chi connectivity index (χ4v) is 1.71. The Labute approximate surface area is 102 Å². The van der Waals surface area contributed by atoms with Crippen LogP contribution in [-0.2, 0) is 9.59 Å². The van der Waals surface area contributed by atoms with Gasteiger partial charge in [-0.15, -0.1) is 0 Å². The largest absolute Gasteiger partial charge is 0.328 e. The van der Waals surface area contributed by atoms with E-state index in [1.54, 1.807) is 0 Å². The minimum Gasteiger partial charge on any atom is -0.328 e. The number of carbonyl (C=O) groups excluding carboxylic acids is 3. The summed E-state index contributed by atoms with van der Waals surface area (Å²) in [5.74, 6) is -1.74. The first-order valence-electron chi connectivity index (χ1n) is 5.33. The molecule has 0 aliphatic carbocycles. The summed E-state index contributed by atoms with van der Waals surface area (Å²) in [5, 5.41) is 2.12. The van der Waals surface area contributed by atoms with Crippen LogP contribution in [0.2, 0.25) is 0 Å². The van der Waals surface area contributed by atoms with Gasteiger partial charge in [-0.3, -0.25) is 24.5 Å². The lowest BCUT2D eigenvalue weighted by Crippen LogP contribution is -2.59. The zero-order valence-corrected chi connectivity index (χ0v) is 9.60. The number of pyridine rings is 1. The van der Waals surface area contributed by atoms with E-state index in [9.17, 15) is 19.2 Å². The van der Waals surface area contributed by atoms with Crippen LogP contribution in [0.15, 0.2) is 23.1 Å². The molecule has 2 rings (SSSR count). The fourth-order valence-electron chi connectivity index (χ4n) is 1.71. The number of H-pyrrole nitrogens is 1. The van der Waals surface area contributed by atoms with Gasteiger partial charge in [0.1, 0.15) is 18.2 Å². The van der Waals surface area contributed by atoms with Crippen molar-refractivity contribution in [3.63, 3.8) is 0 Å². The van der Waals surface area contributed by atoms with Gasteiger partial charge >= 0.3 is 0 Å². The molecule has 1 fully saturated rings. The molecule has 7 heteroatoms. The second kappa shape index (κ2) is 4.44. The van der Waals surface area contributed by atoms with E-state index in [4.69, 9.17) is 0 Å². The molecule has 1 aliphatic heterocycles. The molecule has 0 spiro atoms. The van der Waals surface area contributed by atoms with Crippen molar-refractivity contribution in [3.8, 4) is 0 Å². The van der Waals surface area contributed by atoms with Crippen LogP contribution in [0, 0.1) is 0 Å². The van der Waals surface area contributed by atoms with Gasteiger partial charge in [-0.05, 0) is 19.1 Å². The van der Waals surface area contributed by atoms with E-state index in [2.05, 4.69) is 10.3 Å². The first kappa shape index (κ1) is 12.0. The number of imide groups is 1. The monoisotopic (exact) mass is 249 g/mol. The highest BCUT2D eigenvalue weighted by Gasteiger charge is 2.34. The second-order valence-electron chi connectivity index (χ2n) is 3.93. The third kappa shape index (κ3) is 2.02. The SMILES string of the molecule is CC1C(=O)NC(=O)CN1C(=O)c1ccc[nH]c1=O. The number of aromatic nitrogens is 1. The Morgan fingerprint density at radius 2 is 2.11 bits per heavy atom. The van der Waals surface area contributed by atoms with Gasteiger partial charge in [0.15, 0.2) is 0 Å². The Kier molecular flexibility index (Phi) is 2.97. The minimum absolute atomic E-state index is 0.0909. The van der Waals surface area contributed by atoms with E-state index in [1.807, 2.05) is 0 Å². The lowest BCUT2D eigenvalue weighted by Gasteiger charge is -2.31. The van der Waals surface area contributed by atoms with Crippen molar-refractivity contribution >= 4 is 17.7 Å². The standard InChI is InChI=1S/C11H11N3O4/c1-6-9(16)13-8(15)5-14(6)11(18)7-3-2-4-12-10(7)17/h2-4,6H,5H2,1H3,(H,12,17)(H,13,15,16). The summed E-state index contributed by atoms with van der Waals surface area (Å²) in [6, 6.07) is 2.07. The molecule has 0 saturated carbocycles. The average molecular weight is 249 g/mol. The van der Waals surface area contributed by atoms with E-state index in [0.717, 1.165) is 4.90 Å². The van der Waals surface area contributed by atoms with E-state index in [-0.39, 0.29) is 12.1 Å². The number of piperazine rings is 1. The second-order valence-corrected chi connectivity index (χ2v) is 3.93. The number of amides is 3. The summed E-state index contributed by atoms with van der Waals surface area (Å²) in [6.45, 7) is 1.26. The number of aromatic amines is 1. The summed E-state index contributed by atoms with van der Waals surface area (Å²) < 4.78 is 0. The summed E-state index contributed by atoms with van der Waals surface area (Å²) in [5.41, 5.74) is -0.639. The zero-order valence-electron chi connectivity index (χ0n) is 9.60. The maximum atomic E-state index is 12.1. The molecule has 1 atom stereocenters. The molecule has 2 heterocycles. The van der Waals surface area contributed by atoms with Crippen molar-refractivity contribution < 1.29 is 14.4 Å². The molecule has 1 aliphatic rings. The number of nitrogens with zero attached hydrogens (tertiary/aromatic N) is 1. The van der Waals surface area contributed by atoms with Crippen LogP contribution in [0.4, 0.5) is 0 Å². The molecule has 1 aromatic heterocycles. The van der Waals surface area contributed by atoms with Crippen molar-refractivity contribution in [1.82, 2.24) is 15.2 Å². The van der Waals surface area contributed by atoms with Crippen LogP contribution < -0.4 is 10.9 Å². The van der Waals surface area contributed by atoms with Crippen LogP contribution >= 0.6 is 0 Å². The van der Waals surface area contributed by atoms with Crippen molar-refractivity contribution in [2.75, 3.05) is 6.54 Å². The topological polar surface area (TPSA) is 99.3 Å². The fraction of sp³-hybridized carbons (Fsp3) is 0.273. The lowest BCUT2D eigenvalue weighted by molar-refractivity contribution is -0.138. The van der Waals surface area contributed by atoms with Crippen LogP contribution in [0.5, 0.6) is 0 Å². The van der Waals surface area contributed by atoms with Gasteiger partial charge < -0.3 is 9.88 Å². The van der Waals surface area contributed by atoms with Crippen LogP contribution in [0.3, 0.4) is 0 Å². The number of carbonyl (C=O) groups is 3. The number of rotatable bonds is 1. The molecule has 18 heavy (non-hydrogen) atoms. The van der Waals surface area contributed by atoms with Crippen LogP contribution in [0.25, 0.3) is 0 Å². The third-order valence-corrected chi connectivity index (χ3v) is 2.73.